The summed E-state index contributed by atoms with van der Waals surface area (Å²) in [6.07, 6.45) is 0. The minimum Gasteiger partial charge on any atom is -0.440 e. The quantitative estimate of drug-likeness (QED) is 0.761. The second kappa shape index (κ2) is 6.87. The van der Waals surface area contributed by atoms with Gasteiger partial charge in [0.05, 0.1) is 18.8 Å². The van der Waals surface area contributed by atoms with E-state index in [0.717, 1.165) is 0 Å². The highest BCUT2D eigenvalue weighted by Gasteiger charge is 2.14. The molecule has 0 saturated carbocycles. The van der Waals surface area contributed by atoms with Crippen LogP contribution in [0.4, 0.5) is 0 Å². The zero-order chi connectivity index (χ0) is 15.2. The number of rotatable bonds is 6. The zero-order valence-electron chi connectivity index (χ0n) is 11.5. The van der Waals surface area contributed by atoms with Gasteiger partial charge in [-0.15, -0.1) is 0 Å². The van der Waals surface area contributed by atoms with Crippen molar-refractivity contribution >= 4 is 0 Å². The number of hydrogen-bond donors (Lipinski definition) is 2. The van der Waals surface area contributed by atoms with Crippen molar-refractivity contribution in [3.63, 3.8) is 0 Å². The molecule has 2 N–H and O–H groups in total. The van der Waals surface area contributed by atoms with Crippen LogP contribution < -0.4 is 16.0 Å². The van der Waals surface area contributed by atoms with Crippen molar-refractivity contribution in [1.29, 1.82) is 0 Å². The van der Waals surface area contributed by atoms with E-state index < -0.39 is 11.2 Å². The Balaban J connectivity index is 2.41. The highest BCUT2D eigenvalue weighted by Crippen LogP contribution is 2.21. The van der Waals surface area contributed by atoms with Crippen LogP contribution in [0.25, 0.3) is 0 Å². The largest absolute Gasteiger partial charge is 0.440 e. The average molecular weight is 292 g/mol. The molecule has 0 atom stereocenters. The van der Waals surface area contributed by atoms with Crippen molar-refractivity contribution in [3.8, 4) is 11.6 Å². The molecule has 0 amide bonds. The van der Waals surface area contributed by atoms with Crippen LogP contribution in [0.1, 0.15) is 5.56 Å². The zero-order valence-corrected chi connectivity index (χ0v) is 11.5. The number of aromatic amines is 1. The van der Waals surface area contributed by atoms with Gasteiger partial charge in [0, 0.05) is 0 Å². The summed E-state index contributed by atoms with van der Waals surface area (Å²) in [5.41, 5.74) is -0.870. The molecule has 0 aliphatic rings. The van der Waals surface area contributed by atoms with E-state index in [0.29, 0.717) is 5.75 Å². The summed E-state index contributed by atoms with van der Waals surface area (Å²) in [4.78, 5) is 25.8. The van der Waals surface area contributed by atoms with E-state index in [1.165, 1.54) is 4.57 Å². The highest BCUT2D eigenvalue weighted by molar-refractivity contribution is 5.30. The number of H-pyrrole nitrogens is 1. The first-order chi connectivity index (χ1) is 10.1. The fraction of sp³-hybridized carbons (Fsp3) is 0.286. The number of nitrogens with one attached hydrogen (secondary N) is 1. The van der Waals surface area contributed by atoms with Crippen molar-refractivity contribution < 1.29 is 14.6 Å². The van der Waals surface area contributed by atoms with Crippen LogP contribution in [0.5, 0.6) is 11.6 Å². The Labute approximate surface area is 120 Å². The maximum absolute atomic E-state index is 11.9. The molecule has 0 spiro atoms. The lowest BCUT2D eigenvalue weighted by Gasteiger charge is -2.14. The Morgan fingerprint density at radius 1 is 1.24 bits per heavy atom. The highest BCUT2D eigenvalue weighted by atomic mass is 16.5. The predicted octanol–water partition coefficient (Wildman–Crippen LogP) is 0.604. The fourth-order valence-electron chi connectivity index (χ4n) is 1.72. The van der Waals surface area contributed by atoms with Gasteiger partial charge in [0.15, 0.2) is 0 Å². The summed E-state index contributed by atoms with van der Waals surface area (Å²) in [5.74, 6) is 0.620. The lowest BCUT2D eigenvalue weighted by molar-refractivity contribution is 0.0421. The fourth-order valence-corrected chi connectivity index (χ4v) is 1.72. The summed E-state index contributed by atoms with van der Waals surface area (Å²) in [7, 11) is 0. The molecule has 1 aromatic heterocycles. The Kier molecular flexibility index (Phi) is 4.91. The second-order valence-corrected chi connectivity index (χ2v) is 4.29. The third-order valence-corrected chi connectivity index (χ3v) is 2.79. The first kappa shape index (κ1) is 15.0. The minimum absolute atomic E-state index is 0.0788. The number of aliphatic hydroxyl groups excluding tert-OH is 1. The molecule has 7 heteroatoms. The normalized spacial score (nSPS) is 10.6. The van der Waals surface area contributed by atoms with E-state index in [1.54, 1.807) is 31.2 Å². The number of ether oxygens (including phenoxy) is 2. The van der Waals surface area contributed by atoms with Gasteiger partial charge >= 0.3 is 5.69 Å². The van der Waals surface area contributed by atoms with Crippen molar-refractivity contribution in [3.05, 3.63) is 56.7 Å². The molecule has 0 aliphatic carbocycles. The van der Waals surface area contributed by atoms with Gasteiger partial charge in [0.25, 0.3) is 5.56 Å². The lowest BCUT2D eigenvalue weighted by Crippen LogP contribution is -2.33. The lowest BCUT2D eigenvalue weighted by atomic mass is 10.3. The van der Waals surface area contributed by atoms with Crippen LogP contribution in [-0.4, -0.2) is 27.9 Å². The monoisotopic (exact) mass is 292 g/mol. The summed E-state index contributed by atoms with van der Waals surface area (Å²) in [6.45, 7) is 1.35. The molecule has 2 aromatic rings. The number of nitrogens with zero attached hydrogens (tertiary/aromatic N) is 1. The molecule has 0 aliphatic heterocycles. The van der Waals surface area contributed by atoms with Gasteiger partial charge in [-0.1, -0.05) is 18.2 Å². The van der Waals surface area contributed by atoms with Gasteiger partial charge in [0.1, 0.15) is 12.5 Å². The van der Waals surface area contributed by atoms with Gasteiger partial charge in [-0.05, 0) is 19.1 Å². The van der Waals surface area contributed by atoms with Crippen molar-refractivity contribution in [2.24, 2.45) is 0 Å². The van der Waals surface area contributed by atoms with Crippen molar-refractivity contribution in [2.75, 3.05) is 13.2 Å². The van der Waals surface area contributed by atoms with Gasteiger partial charge in [-0.2, -0.15) is 0 Å². The third kappa shape index (κ3) is 3.59. The van der Waals surface area contributed by atoms with E-state index in [4.69, 9.17) is 14.6 Å². The van der Waals surface area contributed by atoms with Crippen LogP contribution in [0, 0.1) is 6.92 Å². The van der Waals surface area contributed by atoms with Crippen molar-refractivity contribution in [1.82, 2.24) is 9.55 Å². The summed E-state index contributed by atoms with van der Waals surface area (Å²) < 4.78 is 11.9. The van der Waals surface area contributed by atoms with E-state index in [1.807, 2.05) is 6.07 Å². The minimum atomic E-state index is -0.630. The first-order valence-electron chi connectivity index (χ1n) is 6.38. The Hall–Kier alpha value is -2.38. The third-order valence-electron chi connectivity index (χ3n) is 2.79. The molecule has 0 fully saturated rings. The smallest absolute Gasteiger partial charge is 0.333 e. The number of aliphatic hydroxyl groups is 1. The number of aromatic nitrogens is 2. The molecule has 112 valence electrons. The van der Waals surface area contributed by atoms with E-state index in [9.17, 15) is 9.59 Å². The maximum atomic E-state index is 11.9. The summed E-state index contributed by atoms with van der Waals surface area (Å²) >= 11 is 0. The second-order valence-electron chi connectivity index (χ2n) is 4.29. The molecule has 0 unspecified atom stereocenters. The van der Waals surface area contributed by atoms with Gasteiger partial charge in [-0.3, -0.25) is 9.78 Å². The van der Waals surface area contributed by atoms with Gasteiger partial charge in [0.2, 0.25) is 5.88 Å². The number of para-hydroxylation sites is 1. The van der Waals surface area contributed by atoms with E-state index >= 15 is 0 Å². The van der Waals surface area contributed by atoms with Crippen LogP contribution >= 0.6 is 0 Å². The average Bonchev–Trinajstić information content (AvgIpc) is 2.49. The maximum Gasteiger partial charge on any atom is 0.333 e. The first-order valence-corrected chi connectivity index (χ1v) is 6.38. The molecule has 1 heterocycles. The standard InChI is InChI=1S/C14H16N2O5/c1-10-12(18)15-14(19)16(9-20-8-7-17)13(10)21-11-5-3-2-4-6-11/h2-6,17H,7-9H2,1H3,(H,15,18,19). The molecule has 0 saturated heterocycles. The van der Waals surface area contributed by atoms with Crippen LogP contribution in [0.3, 0.4) is 0 Å². The van der Waals surface area contributed by atoms with Gasteiger partial charge in [-0.25, -0.2) is 9.36 Å². The number of benzene rings is 1. The van der Waals surface area contributed by atoms with Crippen LogP contribution in [0.2, 0.25) is 0 Å². The van der Waals surface area contributed by atoms with Crippen LogP contribution in [0.15, 0.2) is 39.9 Å². The van der Waals surface area contributed by atoms with Crippen LogP contribution in [-0.2, 0) is 11.5 Å². The summed E-state index contributed by atoms with van der Waals surface area (Å²) in [6, 6.07) is 8.81. The molecule has 21 heavy (non-hydrogen) atoms. The molecular formula is C14H16N2O5. The van der Waals surface area contributed by atoms with E-state index in [2.05, 4.69) is 4.98 Å². The molecule has 7 nitrogen and oxygen atoms in total. The predicted molar refractivity (Wildman–Crippen MR) is 75.6 cm³/mol. The molecule has 2 rings (SSSR count). The van der Waals surface area contributed by atoms with E-state index in [-0.39, 0.29) is 31.4 Å². The topological polar surface area (TPSA) is 93.6 Å². The van der Waals surface area contributed by atoms with Crippen molar-refractivity contribution in [2.45, 2.75) is 13.7 Å². The SMILES string of the molecule is Cc1c(Oc2ccccc2)n(COCCO)c(=O)[nH]c1=O. The molecule has 0 radical (unpaired) electrons. The Bertz CT molecular complexity index is 706. The summed E-state index contributed by atoms with van der Waals surface area (Å²) in [5, 5.41) is 8.72. The molecule has 1 aromatic carbocycles. The van der Waals surface area contributed by atoms with Gasteiger partial charge < -0.3 is 14.6 Å². The molecular weight excluding hydrogens is 276 g/mol. The molecule has 0 bridgehead atoms. The Morgan fingerprint density at radius 3 is 2.62 bits per heavy atom. The Morgan fingerprint density at radius 2 is 1.95 bits per heavy atom. The number of hydrogen-bond acceptors (Lipinski definition) is 5.